The van der Waals surface area contributed by atoms with Crippen molar-refractivity contribution in [2.45, 2.75) is 167 Å². The molecule has 1 aliphatic heterocycles. The van der Waals surface area contributed by atoms with Gasteiger partial charge in [-0.2, -0.15) is 0 Å². The van der Waals surface area contributed by atoms with Gasteiger partial charge >= 0.3 is 0 Å². The molecule has 0 aromatic heterocycles. The van der Waals surface area contributed by atoms with Crippen LogP contribution in [0.15, 0.2) is 0 Å². The van der Waals surface area contributed by atoms with Crippen molar-refractivity contribution in [3.05, 3.63) is 0 Å². The van der Waals surface area contributed by atoms with Crippen LogP contribution in [0.25, 0.3) is 0 Å². The van der Waals surface area contributed by atoms with E-state index in [1.165, 1.54) is 148 Å². The van der Waals surface area contributed by atoms with Gasteiger partial charge in [-0.3, -0.25) is 0 Å². The Morgan fingerprint density at radius 1 is 0.533 bits per heavy atom. The number of unbranched alkanes of at least 4 members (excludes halogenated alkanes) is 21. The van der Waals surface area contributed by atoms with Crippen molar-refractivity contribution in [1.82, 2.24) is 5.32 Å². The molecule has 30 heavy (non-hydrogen) atoms. The van der Waals surface area contributed by atoms with Crippen molar-refractivity contribution < 1.29 is 4.79 Å². The normalized spacial score (nSPS) is 15.6. The predicted octanol–water partition coefficient (Wildman–Crippen LogP) is 8.91. The average molecular weight is 422 g/mol. The fourth-order valence-corrected chi connectivity index (χ4v) is 4.59. The van der Waals surface area contributed by atoms with Crippen molar-refractivity contribution in [1.29, 1.82) is 0 Å². The molecule has 1 heterocycles. The smallest absolute Gasteiger partial charge is 0.129 e. The number of hydrogen-bond acceptors (Lipinski definition) is 2. The molecule has 0 amide bonds. The Kier molecular flexibility index (Phi) is 20.1. The molecule has 1 N–H and O–H groups in total. The Balaban J connectivity index is 1.59. The van der Waals surface area contributed by atoms with Gasteiger partial charge in [0, 0.05) is 19.0 Å². The maximum absolute atomic E-state index is 10.9. The Morgan fingerprint density at radius 3 is 1.07 bits per heavy atom. The van der Waals surface area contributed by atoms with E-state index in [1.807, 2.05) is 0 Å². The number of nitrogens with one attached hydrogen (secondary N) is 1. The molecule has 0 radical (unpaired) electrons. The summed E-state index contributed by atoms with van der Waals surface area (Å²) in [6.45, 7) is 2.99. The number of ketones is 1. The van der Waals surface area contributed by atoms with E-state index in [9.17, 15) is 4.79 Å². The molecule has 2 heteroatoms. The number of carbonyl (C=O) groups is 1. The van der Waals surface area contributed by atoms with Crippen molar-refractivity contribution in [3.8, 4) is 0 Å². The molecule has 1 unspecified atom stereocenters. The number of carbonyl (C=O) groups excluding carboxylic acids is 1. The number of rotatable bonds is 25. The van der Waals surface area contributed by atoms with E-state index in [0.717, 1.165) is 18.9 Å². The highest BCUT2D eigenvalue weighted by atomic mass is 16.1. The van der Waals surface area contributed by atoms with Crippen LogP contribution in [-0.4, -0.2) is 18.4 Å². The minimum atomic E-state index is 0.351. The molecule has 1 rings (SSSR count). The minimum Gasteiger partial charge on any atom is -0.311 e. The first kappa shape index (κ1) is 27.7. The largest absolute Gasteiger partial charge is 0.311 e. The summed E-state index contributed by atoms with van der Waals surface area (Å²) in [5.41, 5.74) is 0. The van der Waals surface area contributed by atoms with Gasteiger partial charge in [0.05, 0.1) is 0 Å². The molecule has 0 aliphatic carbocycles. The molecule has 0 aromatic rings. The van der Waals surface area contributed by atoms with Crippen LogP contribution in [0.1, 0.15) is 161 Å². The zero-order valence-corrected chi connectivity index (χ0v) is 20.7. The van der Waals surface area contributed by atoms with Gasteiger partial charge in [-0.15, -0.1) is 0 Å². The summed E-state index contributed by atoms with van der Waals surface area (Å²) in [6, 6.07) is 0.890. The molecule has 0 aromatic carbocycles. The second-order valence-electron chi connectivity index (χ2n) is 10.1. The summed E-state index contributed by atoms with van der Waals surface area (Å²) >= 11 is 0. The molecule has 1 atom stereocenters. The van der Waals surface area contributed by atoms with Crippen LogP contribution < -0.4 is 5.32 Å². The number of hydrogen-bond donors (Lipinski definition) is 1. The lowest BCUT2D eigenvalue weighted by Gasteiger charge is -2.04. The molecule has 1 saturated heterocycles. The third kappa shape index (κ3) is 22.3. The van der Waals surface area contributed by atoms with Gasteiger partial charge in [-0.05, 0) is 19.8 Å². The van der Waals surface area contributed by atoms with E-state index in [4.69, 9.17) is 0 Å². The Bertz CT molecular complexity index is 364. The molecule has 0 saturated carbocycles. The highest BCUT2D eigenvalue weighted by Crippen LogP contribution is 2.16. The first-order valence-corrected chi connectivity index (χ1v) is 14.0. The zero-order valence-electron chi connectivity index (χ0n) is 20.7. The third-order valence-electron chi connectivity index (χ3n) is 6.82. The lowest BCUT2D eigenvalue weighted by molar-refractivity contribution is -0.117. The second-order valence-corrected chi connectivity index (χ2v) is 10.1. The maximum atomic E-state index is 10.9. The molecule has 2 nitrogen and oxygen atoms in total. The number of Topliss-reactive ketones (excluding diaryl/α,β-unsaturated/α-hetero) is 1. The van der Waals surface area contributed by atoms with Crippen LogP contribution in [0.3, 0.4) is 0 Å². The van der Waals surface area contributed by atoms with E-state index in [0.29, 0.717) is 5.78 Å². The molecule has 1 aliphatic rings. The van der Waals surface area contributed by atoms with Gasteiger partial charge in [-0.25, -0.2) is 0 Å². The first-order chi connectivity index (χ1) is 14.8. The standard InChI is InChI=1S/C28H55NO/c1-27(30)24-22-20-18-16-14-12-10-8-6-4-2-3-5-7-9-11-13-15-17-19-21-23-25-28-26-29-28/h28-29H,2-26H2,1H3. The van der Waals surface area contributed by atoms with Crippen molar-refractivity contribution in [2.75, 3.05) is 6.54 Å². The van der Waals surface area contributed by atoms with Crippen molar-refractivity contribution in [3.63, 3.8) is 0 Å². The van der Waals surface area contributed by atoms with E-state index in [2.05, 4.69) is 5.32 Å². The molecule has 0 spiro atoms. The van der Waals surface area contributed by atoms with E-state index in [-0.39, 0.29) is 0 Å². The van der Waals surface area contributed by atoms with Crippen LogP contribution in [0.4, 0.5) is 0 Å². The van der Waals surface area contributed by atoms with Gasteiger partial charge in [0.25, 0.3) is 0 Å². The summed E-state index contributed by atoms with van der Waals surface area (Å²) in [5.74, 6) is 0.351. The van der Waals surface area contributed by atoms with Gasteiger partial charge in [0.1, 0.15) is 5.78 Å². The van der Waals surface area contributed by atoms with Crippen molar-refractivity contribution in [2.24, 2.45) is 0 Å². The summed E-state index contributed by atoms with van der Waals surface area (Å²) < 4.78 is 0. The Morgan fingerprint density at radius 2 is 0.800 bits per heavy atom. The Labute approximate surface area is 189 Å². The second kappa shape index (κ2) is 21.8. The Hall–Kier alpha value is -0.370. The van der Waals surface area contributed by atoms with Crippen LogP contribution in [0, 0.1) is 0 Å². The lowest BCUT2D eigenvalue weighted by atomic mass is 10.0. The topological polar surface area (TPSA) is 39.0 Å². The summed E-state index contributed by atoms with van der Waals surface area (Å²) in [6.07, 6.45) is 33.5. The van der Waals surface area contributed by atoms with Gasteiger partial charge < -0.3 is 10.1 Å². The van der Waals surface area contributed by atoms with Crippen LogP contribution in [0.5, 0.6) is 0 Å². The van der Waals surface area contributed by atoms with Gasteiger partial charge in [0.2, 0.25) is 0 Å². The predicted molar refractivity (Wildman–Crippen MR) is 133 cm³/mol. The molecule has 1 fully saturated rings. The summed E-state index contributed by atoms with van der Waals surface area (Å²) in [7, 11) is 0. The average Bonchev–Trinajstić information content (AvgIpc) is 3.55. The van der Waals surface area contributed by atoms with E-state index < -0.39 is 0 Å². The van der Waals surface area contributed by atoms with Crippen molar-refractivity contribution >= 4 is 5.78 Å². The van der Waals surface area contributed by atoms with E-state index >= 15 is 0 Å². The fourth-order valence-electron chi connectivity index (χ4n) is 4.59. The zero-order chi connectivity index (χ0) is 21.5. The monoisotopic (exact) mass is 421 g/mol. The maximum Gasteiger partial charge on any atom is 0.129 e. The SMILES string of the molecule is CC(=O)CCCCCCCCCCCCCCCCCCCCCCCCC1CN1. The lowest BCUT2D eigenvalue weighted by Crippen LogP contribution is -1.90. The minimum absolute atomic E-state index is 0.351. The fraction of sp³-hybridized carbons (Fsp3) is 0.964. The van der Waals surface area contributed by atoms with Crippen LogP contribution in [0.2, 0.25) is 0 Å². The summed E-state index contributed by atoms with van der Waals surface area (Å²) in [5, 5.41) is 3.39. The highest BCUT2D eigenvalue weighted by Gasteiger charge is 2.18. The first-order valence-electron chi connectivity index (χ1n) is 14.0. The third-order valence-corrected chi connectivity index (χ3v) is 6.82. The molecular formula is C28H55NO. The highest BCUT2D eigenvalue weighted by molar-refractivity contribution is 5.75. The quantitative estimate of drug-likeness (QED) is 0.118. The van der Waals surface area contributed by atoms with Gasteiger partial charge in [-0.1, -0.05) is 135 Å². The van der Waals surface area contributed by atoms with Gasteiger partial charge in [0.15, 0.2) is 0 Å². The van der Waals surface area contributed by atoms with Crippen LogP contribution >= 0.6 is 0 Å². The summed E-state index contributed by atoms with van der Waals surface area (Å²) in [4.78, 5) is 10.9. The van der Waals surface area contributed by atoms with Crippen LogP contribution in [-0.2, 0) is 4.79 Å². The molecule has 0 bridgehead atoms. The molecular weight excluding hydrogens is 366 g/mol. The van der Waals surface area contributed by atoms with E-state index in [1.54, 1.807) is 6.92 Å². The molecule has 178 valence electrons.